The van der Waals surface area contributed by atoms with Crippen LogP contribution in [0.25, 0.3) is 0 Å². The Morgan fingerprint density at radius 1 is 1.50 bits per heavy atom. The Labute approximate surface area is 126 Å². The number of aromatic nitrogens is 1. The summed E-state index contributed by atoms with van der Waals surface area (Å²) in [6.07, 6.45) is 11.6. The molecule has 2 fully saturated rings. The Morgan fingerprint density at radius 2 is 2.40 bits per heavy atom. The van der Waals surface area contributed by atoms with Gasteiger partial charge in [-0.15, -0.1) is 0 Å². The molecular formula is C16H24N2OS. The molecule has 0 radical (unpaired) electrons. The van der Waals surface area contributed by atoms with Gasteiger partial charge in [0.05, 0.1) is 6.20 Å². The van der Waals surface area contributed by atoms with Crippen LogP contribution in [0.3, 0.4) is 0 Å². The molecule has 1 atom stereocenters. The highest BCUT2D eigenvalue weighted by molar-refractivity contribution is 7.98. The van der Waals surface area contributed by atoms with E-state index in [1.54, 1.807) is 6.20 Å². The first kappa shape index (κ1) is 14.2. The lowest BCUT2D eigenvalue weighted by Crippen LogP contribution is -2.43. The second-order valence-electron chi connectivity index (χ2n) is 6.24. The molecule has 0 unspecified atom stereocenters. The van der Waals surface area contributed by atoms with Crippen LogP contribution in [0.15, 0.2) is 24.5 Å². The van der Waals surface area contributed by atoms with E-state index in [1.165, 1.54) is 38.1 Å². The van der Waals surface area contributed by atoms with Crippen molar-refractivity contribution in [3.63, 3.8) is 0 Å². The second kappa shape index (κ2) is 6.35. The average molecular weight is 292 g/mol. The Morgan fingerprint density at radius 3 is 3.05 bits per heavy atom. The van der Waals surface area contributed by atoms with Gasteiger partial charge in [-0.2, -0.15) is 11.8 Å². The highest BCUT2D eigenvalue weighted by Crippen LogP contribution is 2.44. The summed E-state index contributed by atoms with van der Waals surface area (Å²) >= 11 is 2.01. The van der Waals surface area contributed by atoms with E-state index >= 15 is 0 Å². The maximum absolute atomic E-state index is 6.02. The quantitative estimate of drug-likeness (QED) is 0.804. The Bertz CT molecular complexity index is 422. The van der Waals surface area contributed by atoms with Gasteiger partial charge in [0.2, 0.25) is 0 Å². The van der Waals surface area contributed by atoms with Gasteiger partial charge in [-0.05, 0) is 48.8 Å². The first-order valence-electron chi connectivity index (χ1n) is 7.58. The third kappa shape index (κ3) is 3.29. The molecule has 1 aliphatic heterocycles. The van der Waals surface area contributed by atoms with Gasteiger partial charge < -0.3 is 4.74 Å². The van der Waals surface area contributed by atoms with Crippen molar-refractivity contribution in [1.82, 2.24) is 9.88 Å². The molecule has 0 aromatic carbocycles. The standard InChI is InChI=1S/C16H24N2OS/c1-20-13-16(6-3-7-16)12-18-9-5-15(11-18)19-14-4-2-8-17-10-14/h2,4,8,10,15H,3,5-7,9,11-13H2,1H3/t15-/m1/s1. The Kier molecular flexibility index (Phi) is 4.51. The van der Waals surface area contributed by atoms with Crippen molar-refractivity contribution in [3.05, 3.63) is 24.5 Å². The largest absolute Gasteiger partial charge is 0.487 e. The molecule has 1 aliphatic carbocycles. The molecule has 1 saturated heterocycles. The van der Waals surface area contributed by atoms with Crippen LogP contribution in [0.2, 0.25) is 0 Å². The molecule has 0 bridgehead atoms. The van der Waals surface area contributed by atoms with Crippen LogP contribution in [-0.2, 0) is 0 Å². The van der Waals surface area contributed by atoms with E-state index in [4.69, 9.17) is 4.74 Å². The number of hydrogen-bond donors (Lipinski definition) is 0. The van der Waals surface area contributed by atoms with Crippen LogP contribution < -0.4 is 4.74 Å². The molecule has 0 spiro atoms. The summed E-state index contributed by atoms with van der Waals surface area (Å²) in [7, 11) is 0. The number of rotatable bonds is 6. The van der Waals surface area contributed by atoms with Crippen LogP contribution in [0.5, 0.6) is 5.75 Å². The normalized spacial score (nSPS) is 25.4. The molecule has 0 amide bonds. The maximum Gasteiger partial charge on any atom is 0.138 e. The summed E-state index contributed by atoms with van der Waals surface area (Å²) in [5.74, 6) is 2.22. The smallest absolute Gasteiger partial charge is 0.138 e. The lowest BCUT2D eigenvalue weighted by atomic mass is 9.70. The fourth-order valence-electron chi connectivity index (χ4n) is 3.45. The molecule has 0 N–H and O–H groups in total. The minimum Gasteiger partial charge on any atom is -0.487 e. The van der Waals surface area contributed by atoms with Crippen molar-refractivity contribution < 1.29 is 4.74 Å². The van der Waals surface area contributed by atoms with Crippen molar-refractivity contribution in [2.24, 2.45) is 5.41 Å². The summed E-state index contributed by atoms with van der Waals surface area (Å²) in [5, 5.41) is 0. The van der Waals surface area contributed by atoms with Crippen LogP contribution in [0, 0.1) is 5.41 Å². The lowest BCUT2D eigenvalue weighted by molar-refractivity contribution is 0.0955. The summed E-state index contributed by atoms with van der Waals surface area (Å²) < 4.78 is 6.02. The van der Waals surface area contributed by atoms with Gasteiger partial charge in [-0.25, -0.2) is 0 Å². The molecule has 2 aliphatic rings. The van der Waals surface area contributed by atoms with E-state index in [1.807, 2.05) is 30.1 Å². The predicted octanol–water partition coefficient (Wildman–Crippen LogP) is 3.07. The van der Waals surface area contributed by atoms with Crippen molar-refractivity contribution in [1.29, 1.82) is 0 Å². The minimum atomic E-state index is 0.339. The zero-order valence-electron chi connectivity index (χ0n) is 12.3. The van der Waals surface area contributed by atoms with E-state index < -0.39 is 0 Å². The highest BCUT2D eigenvalue weighted by Gasteiger charge is 2.39. The number of nitrogens with zero attached hydrogens (tertiary/aromatic N) is 2. The van der Waals surface area contributed by atoms with Gasteiger partial charge in [0, 0.05) is 25.8 Å². The number of hydrogen-bond acceptors (Lipinski definition) is 4. The molecular weight excluding hydrogens is 268 g/mol. The molecule has 3 rings (SSSR count). The fourth-order valence-corrected chi connectivity index (χ4v) is 4.44. The van der Waals surface area contributed by atoms with Crippen molar-refractivity contribution in [2.45, 2.75) is 31.8 Å². The third-order valence-electron chi connectivity index (χ3n) is 4.59. The Hall–Kier alpha value is -0.740. The van der Waals surface area contributed by atoms with Gasteiger partial charge in [0.1, 0.15) is 11.9 Å². The summed E-state index contributed by atoms with van der Waals surface area (Å²) in [6, 6.07) is 3.93. The Balaban J connectivity index is 1.49. The van der Waals surface area contributed by atoms with Crippen LogP contribution in [0.4, 0.5) is 0 Å². The van der Waals surface area contributed by atoms with Crippen LogP contribution in [-0.4, -0.2) is 47.6 Å². The first-order valence-corrected chi connectivity index (χ1v) is 8.97. The first-order chi connectivity index (χ1) is 9.80. The van der Waals surface area contributed by atoms with Gasteiger partial charge in [0.15, 0.2) is 0 Å². The van der Waals surface area contributed by atoms with E-state index in [0.717, 1.165) is 18.7 Å². The molecule has 20 heavy (non-hydrogen) atoms. The van der Waals surface area contributed by atoms with Crippen molar-refractivity contribution in [2.75, 3.05) is 31.6 Å². The van der Waals surface area contributed by atoms with Crippen molar-refractivity contribution >= 4 is 11.8 Å². The lowest BCUT2D eigenvalue weighted by Gasteiger charge is -2.44. The highest BCUT2D eigenvalue weighted by atomic mass is 32.2. The van der Waals surface area contributed by atoms with Crippen molar-refractivity contribution in [3.8, 4) is 5.75 Å². The summed E-state index contributed by atoms with van der Waals surface area (Å²) in [5.41, 5.74) is 0.600. The number of likely N-dealkylation sites (tertiary alicyclic amines) is 1. The van der Waals surface area contributed by atoms with E-state index in [9.17, 15) is 0 Å². The minimum absolute atomic E-state index is 0.339. The maximum atomic E-state index is 6.02. The van der Waals surface area contributed by atoms with Gasteiger partial charge in [-0.3, -0.25) is 9.88 Å². The van der Waals surface area contributed by atoms with Crippen LogP contribution >= 0.6 is 11.8 Å². The molecule has 1 saturated carbocycles. The zero-order chi connectivity index (χ0) is 13.8. The van der Waals surface area contributed by atoms with Gasteiger partial charge in [-0.1, -0.05) is 6.42 Å². The second-order valence-corrected chi connectivity index (χ2v) is 7.10. The predicted molar refractivity (Wildman–Crippen MR) is 84.4 cm³/mol. The molecule has 2 heterocycles. The molecule has 1 aromatic heterocycles. The molecule has 3 nitrogen and oxygen atoms in total. The molecule has 4 heteroatoms. The van der Waals surface area contributed by atoms with Gasteiger partial charge in [0.25, 0.3) is 0 Å². The topological polar surface area (TPSA) is 25.4 Å². The van der Waals surface area contributed by atoms with Gasteiger partial charge >= 0.3 is 0 Å². The molecule has 110 valence electrons. The van der Waals surface area contributed by atoms with E-state index in [-0.39, 0.29) is 0 Å². The number of ether oxygens (including phenoxy) is 1. The monoisotopic (exact) mass is 292 g/mol. The number of pyridine rings is 1. The third-order valence-corrected chi connectivity index (χ3v) is 5.49. The van der Waals surface area contributed by atoms with Crippen LogP contribution in [0.1, 0.15) is 25.7 Å². The summed E-state index contributed by atoms with van der Waals surface area (Å²) in [6.45, 7) is 3.52. The fraction of sp³-hybridized carbons (Fsp3) is 0.688. The number of thioether (sulfide) groups is 1. The molecule has 1 aromatic rings. The SMILES string of the molecule is CSCC1(CN2CC[C@@H](Oc3cccnc3)C2)CCC1. The summed E-state index contributed by atoms with van der Waals surface area (Å²) in [4.78, 5) is 6.72. The van der Waals surface area contributed by atoms with E-state index in [2.05, 4.69) is 16.1 Å². The average Bonchev–Trinajstić information content (AvgIpc) is 2.85. The van der Waals surface area contributed by atoms with E-state index in [0.29, 0.717) is 11.5 Å². The zero-order valence-corrected chi connectivity index (χ0v) is 13.1.